The molecular formula is C36H48N8O6S. The van der Waals surface area contributed by atoms with Crippen LogP contribution in [-0.4, -0.2) is 112 Å². The number of aromatic amines is 1. The number of benzene rings is 1. The summed E-state index contributed by atoms with van der Waals surface area (Å²) in [6, 6.07) is 5.13. The summed E-state index contributed by atoms with van der Waals surface area (Å²) in [7, 11) is 3.05. The van der Waals surface area contributed by atoms with Crippen LogP contribution in [0.25, 0.3) is 10.9 Å². The number of fused-ring (bicyclic) bond motifs is 3. The van der Waals surface area contributed by atoms with Crippen molar-refractivity contribution in [2.24, 2.45) is 11.8 Å². The van der Waals surface area contributed by atoms with E-state index in [0.29, 0.717) is 11.4 Å². The lowest BCUT2D eigenvalue weighted by molar-refractivity contribution is -0.143. The number of H-pyrrole nitrogens is 1. The zero-order chi connectivity index (χ0) is 36.8. The van der Waals surface area contributed by atoms with Crippen LogP contribution in [0, 0.1) is 11.8 Å². The van der Waals surface area contributed by atoms with E-state index in [1.807, 2.05) is 38.1 Å². The normalized spacial score (nSPS) is 22.4. The van der Waals surface area contributed by atoms with Crippen molar-refractivity contribution in [3.05, 3.63) is 52.1 Å². The molecule has 0 radical (unpaired) electrons. The quantitative estimate of drug-likeness (QED) is 0.313. The second kappa shape index (κ2) is 16.5. The standard InChI is InChI=1S/C36H48N8O6S/c1-21(2)15-27-33-41-29(20-51-33)32(47)40-28(16-24-17-37-26-12-7-6-11-25(24)26)36(50)43(5)18-30(45)38-22(3)34(48)42(4)13-14-44(19-31(46)39-27)35(49)23-9-8-10-23/h6-7,11-12,17,20-23,27-28,37H,8-10,13-16,18-19H2,1-5H3,(H,38,45)(H,39,46)(H,40,47)/t22-,27-,28+/m0/s1. The van der Waals surface area contributed by atoms with Gasteiger partial charge in [-0.2, -0.15) is 0 Å². The maximum absolute atomic E-state index is 13.9. The number of nitrogens with zero attached hydrogens (tertiary/aromatic N) is 4. The number of likely N-dealkylation sites (N-methyl/N-ethyl adjacent to an activating group) is 2. The molecule has 14 nitrogen and oxygen atoms in total. The predicted octanol–water partition coefficient (Wildman–Crippen LogP) is 2.23. The zero-order valence-electron chi connectivity index (χ0n) is 29.9. The van der Waals surface area contributed by atoms with Crippen LogP contribution in [0.15, 0.2) is 35.8 Å². The third-order valence-corrected chi connectivity index (χ3v) is 10.4. The average Bonchev–Trinajstić information content (AvgIpc) is 3.72. The van der Waals surface area contributed by atoms with Gasteiger partial charge in [0, 0.05) is 62.0 Å². The first-order valence-corrected chi connectivity index (χ1v) is 18.4. The van der Waals surface area contributed by atoms with Crippen LogP contribution in [0.4, 0.5) is 0 Å². The molecule has 274 valence electrons. The minimum Gasteiger partial charge on any atom is -0.361 e. The van der Waals surface area contributed by atoms with E-state index in [1.165, 1.54) is 33.1 Å². The van der Waals surface area contributed by atoms with Crippen molar-refractivity contribution in [3.63, 3.8) is 0 Å². The van der Waals surface area contributed by atoms with Crippen LogP contribution in [0.2, 0.25) is 0 Å². The van der Waals surface area contributed by atoms with Gasteiger partial charge in [-0.25, -0.2) is 4.98 Å². The van der Waals surface area contributed by atoms with E-state index in [1.54, 1.807) is 25.5 Å². The molecule has 1 aliphatic carbocycles. The Balaban J connectivity index is 1.45. The first-order valence-electron chi connectivity index (χ1n) is 17.5. The van der Waals surface area contributed by atoms with Crippen molar-refractivity contribution in [3.8, 4) is 0 Å². The number of carbonyl (C=O) groups is 6. The smallest absolute Gasteiger partial charge is 0.271 e. The summed E-state index contributed by atoms with van der Waals surface area (Å²) in [5.41, 5.74) is 1.78. The number of aromatic nitrogens is 2. The van der Waals surface area contributed by atoms with Gasteiger partial charge in [0.2, 0.25) is 29.5 Å². The van der Waals surface area contributed by atoms with Gasteiger partial charge in [-0.3, -0.25) is 28.8 Å². The summed E-state index contributed by atoms with van der Waals surface area (Å²) in [5, 5.41) is 11.6. The van der Waals surface area contributed by atoms with Gasteiger partial charge in [0.25, 0.3) is 5.91 Å². The number of amides is 6. The summed E-state index contributed by atoms with van der Waals surface area (Å²) in [6.45, 7) is 5.33. The molecule has 3 atom stereocenters. The van der Waals surface area contributed by atoms with Crippen LogP contribution in [0.1, 0.15) is 73.6 Å². The number of thiazole rings is 1. The van der Waals surface area contributed by atoms with E-state index >= 15 is 0 Å². The minimum atomic E-state index is -1.05. The van der Waals surface area contributed by atoms with Gasteiger partial charge < -0.3 is 35.6 Å². The van der Waals surface area contributed by atoms with Crippen molar-refractivity contribution in [1.82, 2.24) is 40.6 Å². The zero-order valence-corrected chi connectivity index (χ0v) is 30.7. The number of carbonyl (C=O) groups excluding carboxylic acids is 6. The lowest BCUT2D eigenvalue weighted by Crippen LogP contribution is -2.53. The van der Waals surface area contributed by atoms with Crippen LogP contribution in [-0.2, 0) is 30.4 Å². The van der Waals surface area contributed by atoms with Crippen LogP contribution in [0.3, 0.4) is 0 Å². The Morgan fingerprint density at radius 2 is 1.65 bits per heavy atom. The van der Waals surface area contributed by atoms with Gasteiger partial charge in [0.05, 0.1) is 19.1 Å². The van der Waals surface area contributed by atoms with Crippen molar-refractivity contribution in [2.75, 3.05) is 40.3 Å². The Morgan fingerprint density at radius 1 is 0.922 bits per heavy atom. The van der Waals surface area contributed by atoms with E-state index in [4.69, 9.17) is 0 Å². The number of hydrogen-bond donors (Lipinski definition) is 4. The first-order chi connectivity index (χ1) is 24.3. The van der Waals surface area contributed by atoms with Crippen molar-refractivity contribution in [1.29, 1.82) is 0 Å². The van der Waals surface area contributed by atoms with E-state index in [0.717, 1.165) is 35.7 Å². The molecule has 3 aromatic rings. The lowest BCUT2D eigenvalue weighted by Gasteiger charge is -2.33. The highest BCUT2D eigenvalue weighted by Gasteiger charge is 2.33. The Morgan fingerprint density at radius 3 is 2.35 bits per heavy atom. The Bertz CT molecular complexity index is 1770. The molecule has 15 heteroatoms. The number of hydrogen-bond acceptors (Lipinski definition) is 8. The Hall–Kier alpha value is -4.79. The Kier molecular flexibility index (Phi) is 12.1. The highest BCUT2D eigenvalue weighted by Crippen LogP contribution is 2.29. The molecule has 0 unspecified atom stereocenters. The fourth-order valence-corrected chi connectivity index (χ4v) is 7.27. The molecule has 1 fully saturated rings. The monoisotopic (exact) mass is 720 g/mol. The predicted molar refractivity (Wildman–Crippen MR) is 193 cm³/mol. The molecule has 2 aromatic heterocycles. The van der Waals surface area contributed by atoms with Crippen molar-refractivity contribution >= 4 is 57.7 Å². The minimum absolute atomic E-state index is 0.0955. The van der Waals surface area contributed by atoms with Gasteiger partial charge in [-0.15, -0.1) is 11.3 Å². The summed E-state index contributed by atoms with van der Waals surface area (Å²) in [6.07, 6.45) is 4.94. The molecule has 0 spiro atoms. The molecule has 1 aromatic carbocycles. The molecular weight excluding hydrogens is 673 g/mol. The number of nitrogens with one attached hydrogen (secondary N) is 4. The first kappa shape index (κ1) is 37.5. The van der Waals surface area contributed by atoms with Crippen LogP contribution in [0.5, 0.6) is 0 Å². The van der Waals surface area contributed by atoms with Crippen molar-refractivity contribution in [2.45, 2.75) is 71.0 Å². The van der Waals surface area contributed by atoms with Gasteiger partial charge in [0.15, 0.2) is 0 Å². The third kappa shape index (κ3) is 9.31. The van der Waals surface area contributed by atoms with Crippen LogP contribution < -0.4 is 16.0 Å². The second-order valence-electron chi connectivity index (χ2n) is 14.0. The fourth-order valence-electron chi connectivity index (χ4n) is 6.41. The fraction of sp³-hybridized carbons (Fsp3) is 0.528. The van der Waals surface area contributed by atoms with Gasteiger partial charge in [-0.1, -0.05) is 38.5 Å². The Labute approximate surface area is 301 Å². The van der Waals surface area contributed by atoms with Gasteiger partial charge in [-0.05, 0) is 43.7 Å². The number of rotatable bonds is 5. The second-order valence-corrected chi connectivity index (χ2v) is 14.9. The summed E-state index contributed by atoms with van der Waals surface area (Å²) < 4.78 is 0. The number of para-hydroxylation sites is 1. The average molecular weight is 721 g/mol. The summed E-state index contributed by atoms with van der Waals surface area (Å²) >= 11 is 1.23. The largest absolute Gasteiger partial charge is 0.361 e. The molecule has 0 saturated heterocycles. The maximum atomic E-state index is 13.9. The van der Waals surface area contributed by atoms with E-state index < -0.39 is 35.8 Å². The molecule has 2 bridgehead atoms. The highest BCUT2D eigenvalue weighted by molar-refractivity contribution is 7.09. The molecule has 1 aliphatic heterocycles. The lowest BCUT2D eigenvalue weighted by atomic mass is 9.84. The highest BCUT2D eigenvalue weighted by atomic mass is 32.1. The molecule has 4 N–H and O–H groups in total. The molecule has 1 saturated carbocycles. The molecule has 3 heterocycles. The molecule has 6 amide bonds. The third-order valence-electron chi connectivity index (χ3n) is 9.48. The van der Waals surface area contributed by atoms with Gasteiger partial charge >= 0.3 is 0 Å². The van der Waals surface area contributed by atoms with E-state index in [9.17, 15) is 28.8 Å². The summed E-state index contributed by atoms with van der Waals surface area (Å²) in [4.78, 5) is 92.8. The summed E-state index contributed by atoms with van der Waals surface area (Å²) in [5.74, 6) is -2.49. The molecule has 51 heavy (non-hydrogen) atoms. The van der Waals surface area contributed by atoms with E-state index in [2.05, 4.69) is 25.9 Å². The SMILES string of the molecule is CC(C)C[C@@H]1NC(=O)CN(C(=O)C2CCC2)CCN(C)C(=O)[C@H](C)NC(=O)CN(C)C(=O)[C@@H](Cc2c[nH]c3ccccc23)NC(=O)c2csc1n2. The topological polar surface area (TPSA) is 177 Å². The molecule has 5 rings (SSSR count). The van der Waals surface area contributed by atoms with E-state index in [-0.39, 0.29) is 67.9 Å². The maximum Gasteiger partial charge on any atom is 0.271 e. The molecule has 2 aliphatic rings. The van der Waals surface area contributed by atoms with Crippen LogP contribution >= 0.6 is 11.3 Å². The van der Waals surface area contributed by atoms with Crippen molar-refractivity contribution < 1.29 is 28.8 Å². The van der Waals surface area contributed by atoms with Gasteiger partial charge in [0.1, 0.15) is 22.8 Å².